The van der Waals surface area contributed by atoms with Gasteiger partial charge in [-0.3, -0.25) is 25.4 Å². The lowest BCUT2D eigenvalue weighted by Gasteiger charge is -2.13. The van der Waals surface area contributed by atoms with Crippen LogP contribution < -0.4 is 26.2 Å². The highest BCUT2D eigenvalue weighted by Gasteiger charge is 2.33. The minimum atomic E-state index is -4.67. The number of hydrogen-bond donors (Lipinski definition) is 4. The summed E-state index contributed by atoms with van der Waals surface area (Å²) in [4.78, 5) is 40.8. The third kappa shape index (κ3) is 8.59. The van der Waals surface area contributed by atoms with Crippen molar-refractivity contribution < 1.29 is 32.3 Å². The normalized spacial score (nSPS) is 10.9. The van der Waals surface area contributed by atoms with Crippen molar-refractivity contribution in [2.45, 2.75) is 12.6 Å². The Labute approximate surface area is 247 Å². The molecule has 0 fully saturated rings. The lowest BCUT2D eigenvalue weighted by Crippen LogP contribution is -2.42. The molecule has 4 rings (SSSR count). The number of benzene rings is 3. The Balaban J connectivity index is 1.29. The lowest BCUT2D eigenvalue weighted by atomic mass is 10.1. The first kappa shape index (κ1) is 30.2. The predicted molar refractivity (Wildman–Crippen MR) is 151 cm³/mol. The Morgan fingerprint density at radius 1 is 0.786 bits per heavy atom. The number of ether oxygens (including phenoxy) is 1. The summed E-state index contributed by atoms with van der Waals surface area (Å²) in [6.45, 7) is 0. The van der Waals surface area contributed by atoms with Crippen molar-refractivity contribution in [2.75, 3.05) is 10.6 Å². The highest BCUT2D eigenvalue weighted by molar-refractivity contribution is 6.31. The maximum absolute atomic E-state index is 13.0. The first-order chi connectivity index (χ1) is 20.0. The molecule has 216 valence electrons. The smallest absolute Gasteiger partial charge is 0.417 e. The van der Waals surface area contributed by atoms with E-state index >= 15 is 0 Å². The van der Waals surface area contributed by atoms with Crippen LogP contribution in [0.15, 0.2) is 85.1 Å². The second kappa shape index (κ2) is 13.2. The van der Waals surface area contributed by atoms with Gasteiger partial charge >= 0.3 is 12.2 Å². The molecule has 1 aromatic heterocycles. The van der Waals surface area contributed by atoms with Crippen LogP contribution in [0.25, 0.3) is 0 Å². The van der Waals surface area contributed by atoms with Crippen molar-refractivity contribution in [1.29, 1.82) is 0 Å². The molecule has 4 amide bonds. The molecule has 9 nitrogen and oxygen atoms in total. The van der Waals surface area contributed by atoms with Crippen molar-refractivity contribution in [3.05, 3.63) is 112 Å². The largest absolute Gasteiger partial charge is 0.457 e. The van der Waals surface area contributed by atoms with Crippen LogP contribution in [0.1, 0.15) is 21.6 Å². The summed E-state index contributed by atoms with van der Waals surface area (Å²) >= 11 is 11.4. The third-order valence-corrected chi connectivity index (χ3v) is 6.02. The number of carbonyl (C=O) groups excluding carboxylic acids is 3. The van der Waals surface area contributed by atoms with E-state index in [9.17, 15) is 27.6 Å². The molecule has 42 heavy (non-hydrogen) atoms. The molecule has 0 spiro atoms. The predicted octanol–water partition coefficient (Wildman–Crippen LogP) is 6.85. The topological polar surface area (TPSA) is 121 Å². The van der Waals surface area contributed by atoms with E-state index < -0.39 is 34.6 Å². The van der Waals surface area contributed by atoms with Crippen molar-refractivity contribution in [3.8, 4) is 11.5 Å². The number of anilines is 2. The Hall–Kier alpha value is -4.81. The molecule has 14 heteroatoms. The molecule has 4 aromatic rings. The zero-order valence-electron chi connectivity index (χ0n) is 21.3. The highest BCUT2D eigenvalue weighted by atomic mass is 35.5. The van der Waals surface area contributed by atoms with Crippen LogP contribution in [0.3, 0.4) is 0 Å². The van der Waals surface area contributed by atoms with Crippen LogP contribution in [-0.2, 0) is 17.4 Å². The fourth-order valence-corrected chi connectivity index (χ4v) is 3.83. The van der Waals surface area contributed by atoms with Gasteiger partial charge in [0.05, 0.1) is 17.0 Å². The van der Waals surface area contributed by atoms with Crippen LogP contribution in [0.2, 0.25) is 10.0 Å². The third-order valence-electron chi connectivity index (χ3n) is 5.43. The fourth-order valence-electron chi connectivity index (χ4n) is 3.48. The number of alkyl halides is 3. The van der Waals surface area contributed by atoms with Gasteiger partial charge in [0, 0.05) is 28.7 Å². The van der Waals surface area contributed by atoms with Crippen molar-refractivity contribution in [3.63, 3.8) is 0 Å². The maximum Gasteiger partial charge on any atom is 0.417 e. The summed E-state index contributed by atoms with van der Waals surface area (Å²) < 4.78 is 44.9. The molecule has 0 aliphatic carbocycles. The van der Waals surface area contributed by atoms with Gasteiger partial charge < -0.3 is 15.4 Å². The molecule has 0 saturated carbocycles. The molecule has 0 bridgehead atoms. The van der Waals surface area contributed by atoms with Crippen molar-refractivity contribution in [2.24, 2.45) is 0 Å². The summed E-state index contributed by atoms with van der Waals surface area (Å²) in [5.74, 6) is -0.496. The van der Waals surface area contributed by atoms with E-state index in [1.165, 1.54) is 48.7 Å². The number of pyridine rings is 1. The van der Waals surface area contributed by atoms with Crippen molar-refractivity contribution >= 4 is 52.4 Å². The van der Waals surface area contributed by atoms with E-state index in [4.69, 9.17) is 27.9 Å². The number of hydrogen-bond acceptors (Lipinski definition) is 5. The number of hydrazine groups is 1. The van der Waals surface area contributed by atoms with Gasteiger partial charge in [0.15, 0.2) is 0 Å². The Bertz CT molecular complexity index is 1600. The van der Waals surface area contributed by atoms with E-state index in [0.29, 0.717) is 22.0 Å². The Morgan fingerprint density at radius 3 is 2.14 bits per heavy atom. The molecular weight excluding hydrogens is 598 g/mol. The molecule has 0 atom stereocenters. The van der Waals surface area contributed by atoms with Crippen LogP contribution >= 0.6 is 23.2 Å². The van der Waals surface area contributed by atoms with Crippen LogP contribution in [0.5, 0.6) is 11.5 Å². The number of carbonyl (C=O) groups is 3. The molecular formula is C28H20Cl2F3N5O4. The number of nitrogens with zero attached hydrogens (tertiary/aromatic N) is 1. The van der Waals surface area contributed by atoms with Gasteiger partial charge in [-0.05, 0) is 66.2 Å². The van der Waals surface area contributed by atoms with E-state index in [0.717, 1.165) is 12.1 Å². The molecule has 0 unspecified atom stereocenters. The number of aromatic nitrogens is 1. The second-order valence-electron chi connectivity index (χ2n) is 8.58. The maximum atomic E-state index is 13.0. The van der Waals surface area contributed by atoms with Gasteiger partial charge in [-0.15, -0.1) is 0 Å². The number of nitrogens with one attached hydrogen (secondary N) is 4. The van der Waals surface area contributed by atoms with E-state index in [1.54, 1.807) is 24.3 Å². The van der Waals surface area contributed by atoms with Gasteiger partial charge in [-0.2, -0.15) is 13.2 Å². The van der Waals surface area contributed by atoms with Crippen LogP contribution in [0.4, 0.5) is 29.3 Å². The monoisotopic (exact) mass is 617 g/mol. The van der Waals surface area contributed by atoms with E-state index in [-0.39, 0.29) is 23.6 Å². The summed E-state index contributed by atoms with van der Waals surface area (Å²) in [6, 6.07) is 17.9. The summed E-state index contributed by atoms with van der Waals surface area (Å²) in [5, 5.41) is 4.87. The molecule has 0 aliphatic heterocycles. The summed E-state index contributed by atoms with van der Waals surface area (Å²) in [7, 11) is 0. The zero-order valence-corrected chi connectivity index (χ0v) is 22.8. The summed E-state index contributed by atoms with van der Waals surface area (Å²) in [5.41, 5.74) is 4.45. The molecule has 0 radical (unpaired) electrons. The molecule has 1 heterocycles. The number of rotatable bonds is 7. The molecule has 3 aromatic carbocycles. The highest BCUT2D eigenvalue weighted by Crippen LogP contribution is 2.36. The quantitative estimate of drug-likeness (QED) is 0.169. The van der Waals surface area contributed by atoms with Crippen LogP contribution in [-0.4, -0.2) is 22.8 Å². The first-order valence-corrected chi connectivity index (χ1v) is 12.7. The van der Waals surface area contributed by atoms with Crippen LogP contribution in [0, 0.1) is 0 Å². The minimum Gasteiger partial charge on any atom is -0.457 e. The Kier molecular flexibility index (Phi) is 9.50. The first-order valence-electron chi connectivity index (χ1n) is 12.0. The Morgan fingerprint density at radius 2 is 1.45 bits per heavy atom. The number of halogens is 5. The zero-order chi connectivity index (χ0) is 30.3. The van der Waals surface area contributed by atoms with E-state index in [1.807, 2.05) is 0 Å². The average Bonchev–Trinajstić information content (AvgIpc) is 2.94. The number of amides is 4. The molecule has 0 aliphatic rings. The SMILES string of the molecule is O=C(Cc1ccc(Cl)cc1)NNC(=O)c1cc(Oc2ccc(NC(=O)Nc3ccc(Cl)c(C(F)(F)F)c3)cc2)ccn1. The minimum absolute atomic E-state index is 0.0230. The second-order valence-corrected chi connectivity index (χ2v) is 9.42. The van der Waals surface area contributed by atoms with Gasteiger partial charge in [0.2, 0.25) is 5.91 Å². The van der Waals surface area contributed by atoms with Gasteiger partial charge in [0.1, 0.15) is 17.2 Å². The molecule has 4 N–H and O–H groups in total. The molecule has 0 saturated heterocycles. The lowest BCUT2D eigenvalue weighted by molar-refractivity contribution is -0.137. The summed E-state index contributed by atoms with van der Waals surface area (Å²) in [6.07, 6.45) is -3.30. The van der Waals surface area contributed by atoms with Gasteiger partial charge in [-0.25, -0.2) is 4.79 Å². The number of urea groups is 1. The van der Waals surface area contributed by atoms with E-state index in [2.05, 4.69) is 26.5 Å². The van der Waals surface area contributed by atoms with Gasteiger partial charge in [-0.1, -0.05) is 35.3 Å². The van der Waals surface area contributed by atoms with Crippen molar-refractivity contribution in [1.82, 2.24) is 15.8 Å². The average molecular weight is 618 g/mol. The van der Waals surface area contributed by atoms with Gasteiger partial charge in [0.25, 0.3) is 5.91 Å². The fraction of sp³-hybridized carbons (Fsp3) is 0.0714. The standard InChI is InChI=1S/C28H20Cl2F3N5O4/c29-17-3-1-16(2-4-17)13-25(39)37-38-26(40)24-15-21(11-12-34-24)42-20-8-5-18(6-9-20)35-27(41)36-19-7-10-23(30)22(14-19)28(31,32)33/h1-12,14-15H,13H2,(H,37,39)(H,38,40)(H2,35,36,41).